The highest BCUT2D eigenvalue weighted by atomic mass is 79.9. The summed E-state index contributed by atoms with van der Waals surface area (Å²) in [4.78, 5) is 26.4. The molecule has 1 amide bonds. The van der Waals surface area contributed by atoms with Crippen LogP contribution in [-0.2, 0) is 4.74 Å². The predicted octanol–water partition coefficient (Wildman–Crippen LogP) is 1.48. The number of carbonyl (C=O) groups excluding carboxylic acids is 2. The smallest absolute Gasteiger partial charge is 0.360 e. The van der Waals surface area contributed by atoms with E-state index in [-0.39, 0.29) is 17.0 Å². The summed E-state index contributed by atoms with van der Waals surface area (Å²) in [5, 5.41) is 0.543. The zero-order chi connectivity index (χ0) is 12.6. The Balaban J connectivity index is 2.74. The molecule has 2 aromatic heterocycles. The normalized spacial score (nSPS) is 10.5. The van der Waals surface area contributed by atoms with Crippen molar-refractivity contribution in [2.24, 2.45) is 5.73 Å². The maximum absolute atomic E-state index is 11.5. The fourth-order valence-corrected chi connectivity index (χ4v) is 1.80. The van der Waals surface area contributed by atoms with Gasteiger partial charge in [0.2, 0.25) is 0 Å². The van der Waals surface area contributed by atoms with Crippen LogP contribution in [0.5, 0.6) is 0 Å². The topological polar surface area (TPSA) is 95.4 Å². The molecule has 0 aromatic carbocycles. The summed E-state index contributed by atoms with van der Waals surface area (Å²) in [6.07, 6.45) is 0. The van der Waals surface area contributed by atoms with E-state index in [1.807, 2.05) is 0 Å². The molecule has 0 fully saturated rings. The Labute approximate surface area is 104 Å². The molecule has 17 heavy (non-hydrogen) atoms. The van der Waals surface area contributed by atoms with Gasteiger partial charge in [-0.15, -0.1) is 0 Å². The molecular weight excluding hydrogens is 292 g/mol. The van der Waals surface area contributed by atoms with Gasteiger partial charge in [-0.05, 0) is 28.1 Å². The number of amides is 1. The maximum Gasteiger partial charge on any atom is 0.360 e. The Bertz CT molecular complexity index is 620. The third kappa shape index (κ3) is 2.01. The Morgan fingerprint density at radius 1 is 1.47 bits per heavy atom. The van der Waals surface area contributed by atoms with Gasteiger partial charge in [0.25, 0.3) is 5.91 Å². The molecular formula is C10H7BrN2O4. The van der Waals surface area contributed by atoms with Crippen LogP contribution < -0.4 is 5.73 Å². The molecule has 0 bridgehead atoms. The van der Waals surface area contributed by atoms with Crippen molar-refractivity contribution < 1.29 is 18.7 Å². The number of ether oxygens (including phenoxy) is 1. The Kier molecular flexibility index (Phi) is 2.84. The highest BCUT2D eigenvalue weighted by Crippen LogP contribution is 2.25. The number of esters is 1. The number of hydrogen-bond donors (Lipinski definition) is 1. The number of furan rings is 1. The van der Waals surface area contributed by atoms with Gasteiger partial charge in [-0.2, -0.15) is 0 Å². The number of carbonyl (C=O) groups is 2. The Morgan fingerprint density at radius 2 is 2.18 bits per heavy atom. The monoisotopic (exact) mass is 298 g/mol. The molecule has 2 heterocycles. The molecule has 88 valence electrons. The molecule has 2 aromatic rings. The molecule has 0 radical (unpaired) electrons. The summed E-state index contributed by atoms with van der Waals surface area (Å²) in [5.41, 5.74) is 5.26. The van der Waals surface area contributed by atoms with Gasteiger partial charge in [0.05, 0.1) is 7.11 Å². The van der Waals surface area contributed by atoms with Gasteiger partial charge in [0.1, 0.15) is 4.60 Å². The number of primary amides is 1. The fourth-order valence-electron chi connectivity index (χ4n) is 1.37. The van der Waals surface area contributed by atoms with Crippen LogP contribution in [0.4, 0.5) is 0 Å². The van der Waals surface area contributed by atoms with Crippen molar-refractivity contribution in [1.82, 2.24) is 4.98 Å². The lowest BCUT2D eigenvalue weighted by Gasteiger charge is -1.99. The van der Waals surface area contributed by atoms with Gasteiger partial charge in [-0.3, -0.25) is 4.79 Å². The lowest BCUT2D eigenvalue weighted by molar-refractivity contribution is 0.0594. The quantitative estimate of drug-likeness (QED) is 0.669. The average molecular weight is 299 g/mol. The average Bonchev–Trinajstić information content (AvgIpc) is 2.70. The second-order valence-electron chi connectivity index (χ2n) is 3.18. The molecule has 7 heteroatoms. The zero-order valence-electron chi connectivity index (χ0n) is 8.69. The predicted molar refractivity (Wildman–Crippen MR) is 61.6 cm³/mol. The minimum absolute atomic E-state index is 0.00984. The van der Waals surface area contributed by atoms with Crippen LogP contribution in [-0.4, -0.2) is 24.0 Å². The van der Waals surface area contributed by atoms with E-state index in [1.165, 1.54) is 13.2 Å². The molecule has 0 atom stereocenters. The second kappa shape index (κ2) is 4.17. The van der Waals surface area contributed by atoms with E-state index >= 15 is 0 Å². The van der Waals surface area contributed by atoms with Gasteiger partial charge in [-0.25, -0.2) is 9.78 Å². The minimum Gasteiger partial charge on any atom is -0.464 e. The lowest BCUT2D eigenvalue weighted by Crippen LogP contribution is -2.09. The SMILES string of the molecule is COC(=O)c1nc(Br)cc2cc(C(N)=O)oc12. The van der Waals surface area contributed by atoms with Crippen LogP contribution in [0.25, 0.3) is 11.0 Å². The highest BCUT2D eigenvalue weighted by molar-refractivity contribution is 9.10. The molecule has 0 aliphatic heterocycles. The Hall–Kier alpha value is -1.89. The Morgan fingerprint density at radius 3 is 2.76 bits per heavy atom. The van der Waals surface area contributed by atoms with Crippen LogP contribution in [0.2, 0.25) is 0 Å². The van der Waals surface area contributed by atoms with Gasteiger partial charge in [0, 0.05) is 5.39 Å². The number of nitrogens with two attached hydrogens (primary N) is 1. The van der Waals surface area contributed by atoms with Crippen LogP contribution >= 0.6 is 15.9 Å². The summed E-state index contributed by atoms with van der Waals surface area (Å²) in [7, 11) is 1.23. The van der Waals surface area contributed by atoms with Crippen molar-refractivity contribution in [2.75, 3.05) is 7.11 Å². The van der Waals surface area contributed by atoms with E-state index in [9.17, 15) is 9.59 Å². The number of hydrogen-bond acceptors (Lipinski definition) is 5. The molecule has 0 aliphatic rings. The largest absolute Gasteiger partial charge is 0.464 e. The first-order chi connectivity index (χ1) is 8.02. The summed E-state index contributed by atoms with van der Waals surface area (Å²) >= 11 is 3.15. The first-order valence-electron chi connectivity index (χ1n) is 4.51. The highest BCUT2D eigenvalue weighted by Gasteiger charge is 2.19. The van der Waals surface area contributed by atoms with E-state index < -0.39 is 11.9 Å². The molecule has 6 nitrogen and oxygen atoms in total. The van der Waals surface area contributed by atoms with Gasteiger partial charge in [0.15, 0.2) is 17.0 Å². The summed E-state index contributed by atoms with van der Waals surface area (Å²) in [6, 6.07) is 3.05. The number of nitrogens with zero attached hydrogens (tertiary/aromatic N) is 1. The van der Waals surface area contributed by atoms with E-state index in [4.69, 9.17) is 10.2 Å². The van der Waals surface area contributed by atoms with Crippen LogP contribution in [0, 0.1) is 0 Å². The van der Waals surface area contributed by atoms with Gasteiger partial charge < -0.3 is 14.9 Å². The molecule has 0 saturated carbocycles. The first-order valence-corrected chi connectivity index (χ1v) is 5.30. The molecule has 2 rings (SSSR count). The van der Waals surface area contributed by atoms with E-state index in [0.717, 1.165) is 0 Å². The lowest BCUT2D eigenvalue weighted by atomic mass is 10.2. The standard InChI is InChI=1S/C10H7BrN2O4/c1-16-10(15)7-8-4(3-6(11)13-7)2-5(17-8)9(12)14/h2-3H,1H3,(H2,12,14). The number of methoxy groups -OCH3 is 1. The number of halogens is 1. The third-order valence-corrected chi connectivity index (χ3v) is 2.50. The van der Waals surface area contributed by atoms with Gasteiger partial charge in [-0.1, -0.05) is 0 Å². The van der Waals surface area contributed by atoms with E-state index in [2.05, 4.69) is 25.7 Å². The van der Waals surface area contributed by atoms with Gasteiger partial charge >= 0.3 is 5.97 Å². The van der Waals surface area contributed by atoms with Crippen LogP contribution in [0.1, 0.15) is 21.0 Å². The number of rotatable bonds is 2. The maximum atomic E-state index is 11.5. The minimum atomic E-state index is -0.715. The number of pyridine rings is 1. The molecule has 0 aliphatic carbocycles. The van der Waals surface area contributed by atoms with Crippen molar-refractivity contribution in [3.8, 4) is 0 Å². The third-order valence-electron chi connectivity index (χ3n) is 2.09. The molecule has 0 spiro atoms. The summed E-state index contributed by atoms with van der Waals surface area (Å²) in [6.45, 7) is 0. The molecule has 0 unspecified atom stereocenters. The van der Waals surface area contributed by atoms with E-state index in [1.54, 1.807) is 6.07 Å². The van der Waals surface area contributed by atoms with Crippen molar-refractivity contribution in [3.63, 3.8) is 0 Å². The summed E-state index contributed by atoms with van der Waals surface area (Å²) in [5.74, 6) is -1.40. The summed E-state index contributed by atoms with van der Waals surface area (Å²) < 4.78 is 10.2. The molecule has 2 N–H and O–H groups in total. The second-order valence-corrected chi connectivity index (χ2v) is 3.99. The first kappa shape index (κ1) is 11.6. The number of fused-ring (bicyclic) bond motifs is 1. The van der Waals surface area contributed by atoms with Crippen LogP contribution in [0.3, 0.4) is 0 Å². The number of aromatic nitrogens is 1. The molecule has 0 saturated heterocycles. The van der Waals surface area contributed by atoms with Crippen LogP contribution in [0.15, 0.2) is 21.2 Å². The zero-order valence-corrected chi connectivity index (χ0v) is 10.3. The van der Waals surface area contributed by atoms with Crippen molar-refractivity contribution in [1.29, 1.82) is 0 Å². The van der Waals surface area contributed by atoms with Crippen molar-refractivity contribution in [3.05, 3.63) is 28.2 Å². The fraction of sp³-hybridized carbons (Fsp3) is 0.100. The van der Waals surface area contributed by atoms with Crippen molar-refractivity contribution in [2.45, 2.75) is 0 Å². The van der Waals surface area contributed by atoms with E-state index in [0.29, 0.717) is 9.99 Å². The van der Waals surface area contributed by atoms with Crippen molar-refractivity contribution >= 4 is 38.8 Å².